The fourth-order valence-corrected chi connectivity index (χ4v) is 3.63. The first-order valence-electron chi connectivity index (χ1n) is 9.49. The van der Waals surface area contributed by atoms with Crippen molar-refractivity contribution < 1.29 is 0 Å². The van der Waals surface area contributed by atoms with Gasteiger partial charge in [0, 0.05) is 41.9 Å². The van der Waals surface area contributed by atoms with Crippen LogP contribution in [-0.4, -0.2) is 51.3 Å². The molecule has 1 aliphatic heterocycles. The summed E-state index contributed by atoms with van der Waals surface area (Å²) in [6.07, 6.45) is 7.35. The third kappa shape index (κ3) is 3.36. The van der Waals surface area contributed by atoms with E-state index in [1.165, 1.54) is 5.56 Å². The maximum Gasteiger partial charge on any atom is 0.157 e. The molecule has 1 aromatic carbocycles. The SMILES string of the molecule is CN(C)Cc1cncc(-c2ccc3c(c2)C(c2nc4ccncc4[nH]2)=NCN3)c1. The minimum Gasteiger partial charge on any atom is -0.366 e. The molecule has 144 valence electrons. The van der Waals surface area contributed by atoms with Gasteiger partial charge in [-0.1, -0.05) is 6.07 Å². The van der Waals surface area contributed by atoms with Crippen molar-refractivity contribution in [3.63, 3.8) is 0 Å². The first-order valence-corrected chi connectivity index (χ1v) is 9.49. The van der Waals surface area contributed by atoms with E-state index in [0.29, 0.717) is 6.67 Å². The second-order valence-electron chi connectivity index (χ2n) is 7.40. The minimum atomic E-state index is 0.525. The summed E-state index contributed by atoms with van der Waals surface area (Å²) in [6.45, 7) is 1.38. The van der Waals surface area contributed by atoms with Crippen molar-refractivity contribution in [1.82, 2.24) is 24.8 Å². The summed E-state index contributed by atoms with van der Waals surface area (Å²) in [5, 5.41) is 3.35. The van der Waals surface area contributed by atoms with E-state index in [1.54, 1.807) is 12.4 Å². The monoisotopic (exact) mass is 383 g/mol. The van der Waals surface area contributed by atoms with E-state index in [2.05, 4.69) is 63.5 Å². The van der Waals surface area contributed by atoms with Gasteiger partial charge in [-0.2, -0.15) is 0 Å². The van der Waals surface area contributed by atoms with Crippen molar-refractivity contribution >= 4 is 22.4 Å². The molecular formula is C22H21N7. The predicted molar refractivity (Wildman–Crippen MR) is 115 cm³/mol. The van der Waals surface area contributed by atoms with Crippen LogP contribution in [0.15, 0.2) is 60.1 Å². The fourth-order valence-electron chi connectivity index (χ4n) is 3.63. The Labute approximate surface area is 168 Å². The zero-order valence-electron chi connectivity index (χ0n) is 16.3. The molecule has 0 atom stereocenters. The van der Waals surface area contributed by atoms with Gasteiger partial charge in [0.05, 0.1) is 17.2 Å². The highest BCUT2D eigenvalue weighted by molar-refractivity contribution is 6.16. The predicted octanol–water partition coefficient (Wildman–Crippen LogP) is 3.30. The van der Waals surface area contributed by atoms with Gasteiger partial charge in [-0.25, -0.2) is 4.98 Å². The quantitative estimate of drug-likeness (QED) is 0.565. The number of nitrogens with zero attached hydrogens (tertiary/aromatic N) is 5. The molecule has 0 saturated heterocycles. The first kappa shape index (κ1) is 17.5. The lowest BCUT2D eigenvalue weighted by Crippen LogP contribution is -2.17. The highest BCUT2D eigenvalue weighted by atomic mass is 15.1. The molecular weight excluding hydrogens is 362 g/mol. The van der Waals surface area contributed by atoms with E-state index in [1.807, 2.05) is 18.5 Å². The van der Waals surface area contributed by atoms with Gasteiger partial charge in [0.15, 0.2) is 5.82 Å². The number of fused-ring (bicyclic) bond motifs is 2. The molecule has 0 bridgehead atoms. The number of pyridine rings is 2. The zero-order chi connectivity index (χ0) is 19.8. The molecule has 0 fully saturated rings. The van der Waals surface area contributed by atoms with Crippen molar-refractivity contribution in [1.29, 1.82) is 0 Å². The second kappa shape index (κ2) is 7.10. The van der Waals surface area contributed by atoms with Gasteiger partial charge in [-0.3, -0.25) is 15.0 Å². The lowest BCUT2D eigenvalue weighted by molar-refractivity contribution is 0.402. The second-order valence-corrected chi connectivity index (χ2v) is 7.40. The van der Waals surface area contributed by atoms with Crippen LogP contribution in [0.1, 0.15) is 17.0 Å². The number of nitrogens with one attached hydrogen (secondary N) is 2. The Morgan fingerprint density at radius 2 is 1.93 bits per heavy atom. The molecule has 0 aliphatic carbocycles. The largest absolute Gasteiger partial charge is 0.366 e. The maximum absolute atomic E-state index is 4.71. The molecule has 0 spiro atoms. The zero-order valence-corrected chi connectivity index (χ0v) is 16.3. The Balaban J connectivity index is 1.57. The lowest BCUT2D eigenvalue weighted by Gasteiger charge is -2.19. The van der Waals surface area contributed by atoms with Crippen molar-refractivity contribution in [2.75, 3.05) is 26.1 Å². The van der Waals surface area contributed by atoms with Gasteiger partial charge in [0.2, 0.25) is 0 Å². The maximum atomic E-state index is 4.71. The van der Waals surface area contributed by atoms with Gasteiger partial charge in [-0.15, -0.1) is 0 Å². The van der Waals surface area contributed by atoms with Crippen molar-refractivity contribution in [2.24, 2.45) is 4.99 Å². The summed E-state index contributed by atoms with van der Waals surface area (Å²) in [5.74, 6) is 0.757. The fraction of sp³-hybridized carbons (Fsp3) is 0.182. The molecule has 0 amide bonds. The average molecular weight is 383 g/mol. The van der Waals surface area contributed by atoms with Gasteiger partial charge in [0.1, 0.15) is 12.4 Å². The van der Waals surface area contributed by atoms with Gasteiger partial charge < -0.3 is 15.2 Å². The summed E-state index contributed by atoms with van der Waals surface area (Å²) in [5.41, 5.74) is 8.10. The van der Waals surface area contributed by atoms with Crippen LogP contribution in [0, 0.1) is 0 Å². The summed E-state index contributed by atoms with van der Waals surface area (Å²) < 4.78 is 0. The molecule has 0 saturated carbocycles. The number of hydrogen-bond acceptors (Lipinski definition) is 6. The number of aromatic amines is 1. The number of H-pyrrole nitrogens is 1. The normalized spacial score (nSPS) is 13.3. The van der Waals surface area contributed by atoms with Crippen LogP contribution in [0.2, 0.25) is 0 Å². The molecule has 4 heterocycles. The van der Waals surface area contributed by atoms with Crippen LogP contribution in [-0.2, 0) is 6.54 Å². The van der Waals surface area contributed by atoms with Gasteiger partial charge >= 0.3 is 0 Å². The summed E-state index contributed by atoms with van der Waals surface area (Å²) in [7, 11) is 4.12. The topological polar surface area (TPSA) is 82.1 Å². The number of imidazole rings is 1. The van der Waals surface area contributed by atoms with E-state index >= 15 is 0 Å². The molecule has 0 radical (unpaired) electrons. The Morgan fingerprint density at radius 3 is 2.79 bits per heavy atom. The first-order chi connectivity index (χ1) is 14.2. The third-order valence-electron chi connectivity index (χ3n) is 4.92. The molecule has 2 N–H and O–H groups in total. The average Bonchev–Trinajstić information content (AvgIpc) is 3.17. The highest BCUT2D eigenvalue weighted by Gasteiger charge is 2.19. The Hall–Kier alpha value is -3.58. The van der Waals surface area contributed by atoms with Crippen LogP contribution < -0.4 is 5.32 Å². The highest BCUT2D eigenvalue weighted by Crippen LogP contribution is 2.29. The smallest absolute Gasteiger partial charge is 0.157 e. The number of aromatic nitrogens is 4. The summed E-state index contributed by atoms with van der Waals surface area (Å²) >= 11 is 0. The van der Waals surface area contributed by atoms with Gasteiger partial charge in [0.25, 0.3) is 0 Å². The molecule has 7 nitrogen and oxygen atoms in total. The standard InChI is InChI=1S/C22H21N7/c1-29(2)12-14-7-16(10-24-9-14)15-3-4-18-17(8-15)21(26-13-25-18)22-27-19-5-6-23-11-20(19)28-22/h3-11,25H,12-13H2,1-2H3,(H,27,28). The van der Waals surface area contributed by atoms with E-state index in [-0.39, 0.29) is 0 Å². The van der Waals surface area contributed by atoms with E-state index in [9.17, 15) is 0 Å². The molecule has 0 unspecified atom stereocenters. The molecule has 1 aliphatic rings. The molecule has 7 heteroatoms. The molecule has 29 heavy (non-hydrogen) atoms. The molecule has 4 aromatic rings. The Bertz CT molecular complexity index is 1190. The number of anilines is 1. The summed E-state index contributed by atoms with van der Waals surface area (Å²) in [4.78, 5) is 23.5. The lowest BCUT2D eigenvalue weighted by atomic mass is 9.98. The third-order valence-corrected chi connectivity index (χ3v) is 4.92. The van der Waals surface area contributed by atoms with Crippen LogP contribution in [0.3, 0.4) is 0 Å². The minimum absolute atomic E-state index is 0.525. The number of rotatable bonds is 4. The molecule has 3 aromatic heterocycles. The Kier molecular flexibility index (Phi) is 4.29. The van der Waals surface area contributed by atoms with E-state index in [4.69, 9.17) is 9.98 Å². The number of hydrogen-bond donors (Lipinski definition) is 2. The van der Waals surface area contributed by atoms with Gasteiger partial charge in [-0.05, 0) is 49.5 Å². The molecule has 5 rings (SSSR count). The van der Waals surface area contributed by atoms with Crippen molar-refractivity contribution in [3.8, 4) is 11.1 Å². The van der Waals surface area contributed by atoms with Crippen LogP contribution in [0.4, 0.5) is 5.69 Å². The van der Waals surface area contributed by atoms with E-state index in [0.717, 1.165) is 51.5 Å². The van der Waals surface area contributed by atoms with Crippen LogP contribution >= 0.6 is 0 Å². The summed E-state index contributed by atoms with van der Waals surface area (Å²) in [6, 6.07) is 10.5. The van der Waals surface area contributed by atoms with Crippen molar-refractivity contribution in [3.05, 3.63) is 72.1 Å². The number of aliphatic imine (C=N–C) groups is 1. The van der Waals surface area contributed by atoms with Crippen molar-refractivity contribution in [2.45, 2.75) is 6.54 Å². The van der Waals surface area contributed by atoms with Crippen LogP contribution in [0.25, 0.3) is 22.2 Å². The van der Waals surface area contributed by atoms with Crippen LogP contribution in [0.5, 0.6) is 0 Å². The van der Waals surface area contributed by atoms with E-state index < -0.39 is 0 Å². The number of benzene rings is 1. The Morgan fingerprint density at radius 1 is 1.00 bits per heavy atom.